The maximum atomic E-state index is 12.8. The molecule has 4 saturated carbocycles. The molecule has 0 amide bonds. The molecule has 4 fully saturated rings. The highest BCUT2D eigenvalue weighted by Gasteiger charge is 2.57. The minimum Gasteiger partial charge on any atom is -0.493 e. The molecule has 0 spiro atoms. The zero-order valence-corrected chi connectivity index (χ0v) is 18.5. The van der Waals surface area contributed by atoms with Gasteiger partial charge in [-0.05, 0) is 79.5 Å². The molecule has 0 heterocycles. The second-order valence-electron chi connectivity index (χ2n) is 9.03. The summed E-state index contributed by atoms with van der Waals surface area (Å²) < 4.78 is 15.9. The normalized spacial score (nSPS) is 32.4. The smallest absolute Gasteiger partial charge is 0.330 e. The van der Waals surface area contributed by atoms with Crippen LogP contribution in [-0.2, 0) is 14.3 Å². The van der Waals surface area contributed by atoms with Crippen LogP contribution >= 0.6 is 15.9 Å². The molecule has 2 atom stereocenters. The third kappa shape index (κ3) is 4.37. The van der Waals surface area contributed by atoms with Crippen molar-refractivity contribution in [3.05, 3.63) is 29.8 Å². The van der Waals surface area contributed by atoms with E-state index < -0.39 is 5.97 Å². The first-order chi connectivity index (χ1) is 13.8. The zero-order chi connectivity index (χ0) is 20.6. The number of carbonyl (C=O) groups is 2. The van der Waals surface area contributed by atoms with Gasteiger partial charge < -0.3 is 14.2 Å². The van der Waals surface area contributed by atoms with Gasteiger partial charge in [-0.25, -0.2) is 4.79 Å². The summed E-state index contributed by atoms with van der Waals surface area (Å²) in [4.78, 5) is 24.1. The summed E-state index contributed by atoms with van der Waals surface area (Å²) >= 11 is 4.00. The summed E-state index contributed by atoms with van der Waals surface area (Å²) in [6, 6.07) is 5.22. The standard InChI is InChI=1S/C23H27BrO5/c1-27-19-8-15(4-6-20(25)28-2)3-5-18(19)29-21(26)13-22-9-16-7-17(10-22)12-23(24,11-16)14-22/h3-6,8,16-17H,7,9-14H2,1-2H3/b6-4+. The van der Waals surface area contributed by atoms with Gasteiger partial charge in [0.1, 0.15) is 0 Å². The Balaban J connectivity index is 1.44. The van der Waals surface area contributed by atoms with Crippen molar-refractivity contribution in [2.75, 3.05) is 14.2 Å². The summed E-state index contributed by atoms with van der Waals surface area (Å²) in [5, 5.41) is 0. The fraction of sp³-hybridized carbons (Fsp3) is 0.565. The zero-order valence-electron chi connectivity index (χ0n) is 16.9. The maximum Gasteiger partial charge on any atom is 0.330 e. The highest BCUT2D eigenvalue weighted by molar-refractivity contribution is 9.10. The van der Waals surface area contributed by atoms with E-state index in [-0.39, 0.29) is 15.7 Å². The predicted octanol–water partition coefficient (Wildman–Crippen LogP) is 4.91. The summed E-state index contributed by atoms with van der Waals surface area (Å²) in [5.74, 6) is 1.72. The molecule has 29 heavy (non-hydrogen) atoms. The molecule has 0 N–H and O–H groups in total. The van der Waals surface area contributed by atoms with Gasteiger partial charge in [0.15, 0.2) is 11.5 Å². The third-order valence-corrected chi connectivity index (χ3v) is 7.58. The van der Waals surface area contributed by atoms with Crippen LogP contribution in [0.25, 0.3) is 6.08 Å². The number of hydrogen-bond donors (Lipinski definition) is 0. The number of ether oxygens (including phenoxy) is 3. The van der Waals surface area contributed by atoms with E-state index in [2.05, 4.69) is 20.7 Å². The summed E-state index contributed by atoms with van der Waals surface area (Å²) in [6.45, 7) is 0. The number of benzene rings is 1. The monoisotopic (exact) mass is 462 g/mol. The lowest BCUT2D eigenvalue weighted by molar-refractivity contribution is -0.141. The number of esters is 2. The fourth-order valence-corrected chi connectivity index (χ4v) is 7.62. The number of rotatable bonds is 6. The van der Waals surface area contributed by atoms with Gasteiger partial charge >= 0.3 is 11.9 Å². The Morgan fingerprint density at radius 2 is 1.86 bits per heavy atom. The topological polar surface area (TPSA) is 61.8 Å². The van der Waals surface area contributed by atoms with Gasteiger partial charge in [-0.2, -0.15) is 0 Å². The molecule has 4 bridgehead atoms. The molecule has 5 rings (SSSR count). The first-order valence-electron chi connectivity index (χ1n) is 10.2. The van der Waals surface area contributed by atoms with E-state index in [0.29, 0.717) is 17.9 Å². The molecule has 0 aliphatic heterocycles. The van der Waals surface area contributed by atoms with Crippen molar-refractivity contribution in [1.82, 2.24) is 0 Å². The van der Waals surface area contributed by atoms with Crippen LogP contribution in [0.1, 0.15) is 50.5 Å². The van der Waals surface area contributed by atoms with Crippen molar-refractivity contribution in [1.29, 1.82) is 0 Å². The molecule has 0 aromatic heterocycles. The second-order valence-corrected chi connectivity index (χ2v) is 10.7. The first-order valence-corrected chi connectivity index (χ1v) is 10.9. The van der Waals surface area contributed by atoms with E-state index >= 15 is 0 Å². The molecule has 0 saturated heterocycles. The van der Waals surface area contributed by atoms with Crippen molar-refractivity contribution in [3.63, 3.8) is 0 Å². The third-order valence-electron chi connectivity index (χ3n) is 6.65. The van der Waals surface area contributed by atoms with E-state index in [1.165, 1.54) is 39.6 Å². The lowest BCUT2D eigenvalue weighted by Crippen LogP contribution is -2.53. The van der Waals surface area contributed by atoms with Crippen molar-refractivity contribution < 1.29 is 23.8 Å². The van der Waals surface area contributed by atoms with Gasteiger partial charge in [-0.1, -0.05) is 22.0 Å². The Morgan fingerprint density at radius 1 is 1.14 bits per heavy atom. The molecule has 156 valence electrons. The Hall–Kier alpha value is -1.82. The summed E-state index contributed by atoms with van der Waals surface area (Å²) in [6.07, 6.45) is 10.6. The van der Waals surface area contributed by atoms with Gasteiger partial charge in [0.25, 0.3) is 0 Å². The summed E-state index contributed by atoms with van der Waals surface area (Å²) in [7, 11) is 2.87. The lowest BCUT2D eigenvalue weighted by atomic mass is 9.49. The number of hydrogen-bond acceptors (Lipinski definition) is 5. The van der Waals surface area contributed by atoms with Crippen LogP contribution in [0.15, 0.2) is 24.3 Å². The van der Waals surface area contributed by atoms with E-state index in [1.807, 2.05) is 0 Å². The largest absolute Gasteiger partial charge is 0.493 e. The minimum atomic E-state index is -0.431. The molecule has 4 aliphatic rings. The molecular weight excluding hydrogens is 436 g/mol. The van der Waals surface area contributed by atoms with Gasteiger partial charge in [0.2, 0.25) is 0 Å². The predicted molar refractivity (Wildman–Crippen MR) is 113 cm³/mol. The molecule has 5 nitrogen and oxygen atoms in total. The molecule has 1 aromatic rings. The van der Waals surface area contributed by atoms with Gasteiger partial charge in [-0.15, -0.1) is 0 Å². The van der Waals surface area contributed by atoms with Crippen molar-refractivity contribution >= 4 is 33.9 Å². The lowest BCUT2D eigenvalue weighted by Gasteiger charge is -2.60. The van der Waals surface area contributed by atoms with Crippen LogP contribution in [0, 0.1) is 17.3 Å². The molecular formula is C23H27BrO5. The van der Waals surface area contributed by atoms with Crippen LogP contribution in [0.4, 0.5) is 0 Å². The van der Waals surface area contributed by atoms with Crippen molar-refractivity contribution in [3.8, 4) is 11.5 Å². The number of alkyl halides is 1. The Bertz CT molecular complexity index is 832. The van der Waals surface area contributed by atoms with Crippen LogP contribution < -0.4 is 9.47 Å². The van der Waals surface area contributed by atoms with Crippen LogP contribution in [0.2, 0.25) is 0 Å². The highest BCUT2D eigenvalue weighted by Crippen LogP contribution is 2.65. The Morgan fingerprint density at radius 3 is 2.48 bits per heavy atom. The van der Waals surface area contributed by atoms with E-state index in [0.717, 1.165) is 36.7 Å². The SMILES string of the molecule is COC(=O)/C=C/c1ccc(OC(=O)CC23CC4CC(CC(Br)(C4)C2)C3)c(OC)c1. The number of halogens is 1. The minimum absolute atomic E-state index is 0.0705. The van der Waals surface area contributed by atoms with Gasteiger partial charge in [0, 0.05) is 10.4 Å². The fourth-order valence-electron chi connectivity index (χ4n) is 6.11. The summed E-state index contributed by atoms with van der Waals surface area (Å²) in [5.41, 5.74) is 0.829. The molecule has 4 aliphatic carbocycles. The van der Waals surface area contributed by atoms with E-state index in [9.17, 15) is 9.59 Å². The number of methoxy groups -OCH3 is 2. The molecule has 0 radical (unpaired) electrons. The average molecular weight is 463 g/mol. The Kier molecular flexibility index (Phi) is 5.49. The van der Waals surface area contributed by atoms with Crippen molar-refractivity contribution in [2.24, 2.45) is 17.3 Å². The molecule has 1 aromatic carbocycles. The van der Waals surface area contributed by atoms with Gasteiger partial charge in [-0.3, -0.25) is 4.79 Å². The van der Waals surface area contributed by atoms with Crippen molar-refractivity contribution in [2.45, 2.75) is 49.3 Å². The van der Waals surface area contributed by atoms with Crippen LogP contribution in [0.3, 0.4) is 0 Å². The maximum absolute atomic E-state index is 12.8. The first kappa shape index (κ1) is 20.5. The Labute approximate surface area is 179 Å². The second kappa shape index (κ2) is 7.78. The quantitative estimate of drug-likeness (QED) is 0.260. The van der Waals surface area contributed by atoms with Crippen LogP contribution in [-0.4, -0.2) is 30.5 Å². The van der Waals surface area contributed by atoms with E-state index in [4.69, 9.17) is 9.47 Å². The molecule has 2 unspecified atom stereocenters. The highest BCUT2D eigenvalue weighted by atomic mass is 79.9. The average Bonchev–Trinajstić information content (AvgIpc) is 2.64. The number of carbonyl (C=O) groups excluding carboxylic acids is 2. The molecule has 6 heteroatoms. The van der Waals surface area contributed by atoms with E-state index in [1.54, 1.807) is 24.3 Å². The van der Waals surface area contributed by atoms with Crippen LogP contribution in [0.5, 0.6) is 11.5 Å². The van der Waals surface area contributed by atoms with Gasteiger partial charge in [0.05, 0.1) is 20.6 Å².